The van der Waals surface area contributed by atoms with E-state index in [1.54, 1.807) is 4.57 Å². The summed E-state index contributed by atoms with van der Waals surface area (Å²) in [5.41, 5.74) is -0.536. The second kappa shape index (κ2) is 6.53. The van der Waals surface area contributed by atoms with Crippen molar-refractivity contribution < 1.29 is 14.5 Å². The van der Waals surface area contributed by atoms with Gasteiger partial charge in [0.25, 0.3) is 0 Å². The number of piperazine rings is 1. The van der Waals surface area contributed by atoms with Gasteiger partial charge in [0.05, 0.1) is 13.1 Å². The molecule has 26 heavy (non-hydrogen) atoms. The van der Waals surface area contributed by atoms with E-state index < -0.39 is 10.5 Å². The quantitative estimate of drug-likeness (QED) is 0.582. The SMILES string of the molecule is CC1(CCCN2CCN(C(C)(C)C)C(=O)C2)Cn2cc([N+](=O)[O-])nc2O1. The van der Waals surface area contributed by atoms with Crippen LogP contribution in [0.15, 0.2) is 6.20 Å². The lowest BCUT2D eigenvalue weighted by molar-refractivity contribution is -0.389. The van der Waals surface area contributed by atoms with Crippen molar-refractivity contribution in [3.63, 3.8) is 0 Å². The first-order chi connectivity index (χ1) is 12.1. The highest BCUT2D eigenvalue weighted by Gasteiger charge is 2.40. The molecule has 3 heterocycles. The van der Waals surface area contributed by atoms with Crippen LogP contribution in [0.5, 0.6) is 6.01 Å². The second-order valence-electron chi connectivity index (χ2n) is 8.41. The number of amides is 1. The van der Waals surface area contributed by atoms with Crippen molar-refractivity contribution in [3.05, 3.63) is 16.3 Å². The normalized spacial score (nSPS) is 23.8. The Kier molecular flexibility index (Phi) is 4.68. The maximum atomic E-state index is 12.3. The van der Waals surface area contributed by atoms with Crippen LogP contribution in [0.4, 0.5) is 5.82 Å². The van der Waals surface area contributed by atoms with E-state index in [1.165, 1.54) is 6.20 Å². The topological polar surface area (TPSA) is 93.7 Å². The van der Waals surface area contributed by atoms with Crippen LogP contribution in [-0.2, 0) is 11.3 Å². The van der Waals surface area contributed by atoms with Crippen molar-refractivity contribution in [2.24, 2.45) is 0 Å². The van der Waals surface area contributed by atoms with E-state index in [4.69, 9.17) is 4.74 Å². The summed E-state index contributed by atoms with van der Waals surface area (Å²) < 4.78 is 7.55. The lowest BCUT2D eigenvalue weighted by Gasteiger charge is -2.42. The molecule has 1 amide bonds. The molecule has 1 saturated heterocycles. The largest absolute Gasteiger partial charge is 0.438 e. The molecule has 1 aromatic rings. The zero-order chi connectivity index (χ0) is 19.1. The number of fused-ring (bicyclic) bond motifs is 1. The van der Waals surface area contributed by atoms with Crippen LogP contribution in [0.25, 0.3) is 0 Å². The highest BCUT2D eigenvalue weighted by atomic mass is 16.6. The van der Waals surface area contributed by atoms with Crippen molar-refractivity contribution in [3.8, 4) is 6.01 Å². The molecule has 0 N–H and O–H groups in total. The van der Waals surface area contributed by atoms with Gasteiger partial charge >= 0.3 is 11.8 Å². The lowest BCUT2D eigenvalue weighted by atomic mass is 10.00. The molecule has 0 radical (unpaired) electrons. The van der Waals surface area contributed by atoms with Crippen molar-refractivity contribution >= 4 is 11.7 Å². The van der Waals surface area contributed by atoms with Gasteiger partial charge in [0.2, 0.25) is 5.91 Å². The van der Waals surface area contributed by atoms with Gasteiger partial charge < -0.3 is 19.8 Å². The third-order valence-corrected chi connectivity index (χ3v) is 5.05. The first kappa shape index (κ1) is 18.6. The van der Waals surface area contributed by atoms with Crippen molar-refractivity contribution in [1.82, 2.24) is 19.4 Å². The fourth-order valence-electron chi connectivity index (χ4n) is 3.71. The second-order valence-corrected chi connectivity index (χ2v) is 8.41. The molecule has 9 nitrogen and oxygen atoms in total. The molecule has 2 aliphatic rings. The van der Waals surface area contributed by atoms with Crippen LogP contribution in [0.3, 0.4) is 0 Å². The fourth-order valence-corrected chi connectivity index (χ4v) is 3.71. The highest BCUT2D eigenvalue weighted by molar-refractivity contribution is 5.79. The lowest BCUT2D eigenvalue weighted by Crippen LogP contribution is -2.57. The summed E-state index contributed by atoms with van der Waals surface area (Å²) in [5.74, 6) is -0.00296. The van der Waals surface area contributed by atoms with E-state index in [0.717, 1.165) is 32.5 Å². The Morgan fingerprint density at radius 3 is 2.69 bits per heavy atom. The molecular formula is C17H27N5O4. The van der Waals surface area contributed by atoms with Gasteiger partial charge in [-0.2, -0.15) is 0 Å². The van der Waals surface area contributed by atoms with E-state index in [0.29, 0.717) is 19.1 Å². The first-order valence-corrected chi connectivity index (χ1v) is 9.01. The van der Waals surface area contributed by atoms with Gasteiger partial charge in [0.15, 0.2) is 0 Å². The van der Waals surface area contributed by atoms with Gasteiger partial charge in [-0.3, -0.25) is 14.3 Å². The average molecular weight is 365 g/mol. The average Bonchev–Trinajstić information content (AvgIpc) is 3.01. The van der Waals surface area contributed by atoms with Gasteiger partial charge in [-0.25, -0.2) is 0 Å². The minimum atomic E-state index is -0.514. The Morgan fingerprint density at radius 1 is 1.38 bits per heavy atom. The van der Waals surface area contributed by atoms with Crippen molar-refractivity contribution in [2.45, 2.75) is 58.2 Å². The van der Waals surface area contributed by atoms with Crippen LogP contribution in [-0.4, -0.2) is 67.5 Å². The number of nitro groups is 1. The Morgan fingerprint density at radius 2 is 2.12 bits per heavy atom. The summed E-state index contributed by atoms with van der Waals surface area (Å²) >= 11 is 0. The number of carbonyl (C=O) groups excluding carboxylic acids is 1. The summed E-state index contributed by atoms with van der Waals surface area (Å²) in [6.07, 6.45) is 3.12. The Hall–Kier alpha value is -2.16. The number of carbonyl (C=O) groups is 1. The molecule has 0 aromatic carbocycles. The molecule has 0 spiro atoms. The zero-order valence-corrected chi connectivity index (χ0v) is 15.9. The van der Waals surface area contributed by atoms with Gasteiger partial charge in [-0.1, -0.05) is 0 Å². The number of imidazole rings is 1. The van der Waals surface area contributed by atoms with E-state index in [-0.39, 0.29) is 17.3 Å². The molecule has 144 valence electrons. The molecule has 3 rings (SSSR count). The predicted octanol–water partition coefficient (Wildman–Crippen LogP) is 1.67. The molecule has 1 atom stereocenters. The van der Waals surface area contributed by atoms with Gasteiger partial charge in [0, 0.05) is 23.6 Å². The van der Waals surface area contributed by atoms with Crippen LogP contribution < -0.4 is 4.74 Å². The third kappa shape index (κ3) is 3.82. The first-order valence-electron chi connectivity index (χ1n) is 9.01. The van der Waals surface area contributed by atoms with E-state index >= 15 is 0 Å². The molecule has 2 aliphatic heterocycles. The number of hydrogen-bond acceptors (Lipinski definition) is 6. The third-order valence-electron chi connectivity index (χ3n) is 5.05. The maximum Gasteiger partial charge on any atom is 0.414 e. The monoisotopic (exact) mass is 365 g/mol. The Labute approximate surface area is 153 Å². The summed E-state index contributed by atoms with van der Waals surface area (Å²) in [5, 5.41) is 10.8. The Bertz CT molecular complexity index is 685. The van der Waals surface area contributed by atoms with E-state index in [1.807, 2.05) is 11.8 Å². The van der Waals surface area contributed by atoms with Gasteiger partial charge in [-0.15, -0.1) is 0 Å². The summed E-state index contributed by atoms with van der Waals surface area (Å²) in [6.45, 7) is 11.7. The van der Waals surface area contributed by atoms with Crippen molar-refractivity contribution in [2.75, 3.05) is 26.2 Å². The number of ether oxygens (including phenoxy) is 1. The van der Waals surface area contributed by atoms with E-state index in [9.17, 15) is 14.9 Å². The molecule has 1 unspecified atom stereocenters. The molecule has 1 fully saturated rings. The standard InChI is InChI=1S/C17H27N5O4/c1-16(2,3)21-9-8-19(11-14(21)23)7-5-6-17(4)12-20-10-13(22(24)25)18-15(20)26-17/h10H,5-9,11-12H2,1-4H3. The molecular weight excluding hydrogens is 338 g/mol. The summed E-state index contributed by atoms with van der Waals surface area (Å²) in [7, 11) is 0. The number of aromatic nitrogens is 2. The zero-order valence-electron chi connectivity index (χ0n) is 15.9. The molecule has 0 saturated carbocycles. The van der Waals surface area contributed by atoms with Crippen LogP contribution in [0, 0.1) is 10.1 Å². The minimum absolute atomic E-state index is 0.128. The number of nitrogens with zero attached hydrogens (tertiary/aromatic N) is 5. The van der Waals surface area contributed by atoms with E-state index in [2.05, 4.69) is 30.7 Å². The number of hydrogen-bond donors (Lipinski definition) is 0. The maximum absolute atomic E-state index is 12.3. The van der Waals surface area contributed by atoms with Crippen LogP contribution >= 0.6 is 0 Å². The minimum Gasteiger partial charge on any atom is -0.438 e. The summed E-state index contributed by atoms with van der Waals surface area (Å²) in [4.78, 5) is 30.6. The molecule has 0 aliphatic carbocycles. The Balaban J connectivity index is 1.46. The van der Waals surface area contributed by atoms with Crippen LogP contribution in [0.2, 0.25) is 0 Å². The van der Waals surface area contributed by atoms with Crippen molar-refractivity contribution in [1.29, 1.82) is 0 Å². The number of rotatable bonds is 5. The highest BCUT2D eigenvalue weighted by Crippen LogP contribution is 2.33. The molecule has 0 bridgehead atoms. The molecule has 9 heteroatoms. The van der Waals surface area contributed by atoms with Gasteiger partial charge in [-0.05, 0) is 52.0 Å². The van der Waals surface area contributed by atoms with Gasteiger partial charge in [0.1, 0.15) is 11.8 Å². The summed E-state index contributed by atoms with van der Waals surface area (Å²) in [6, 6.07) is 0.313. The molecule has 1 aromatic heterocycles. The predicted molar refractivity (Wildman–Crippen MR) is 95.1 cm³/mol. The van der Waals surface area contributed by atoms with Crippen LogP contribution in [0.1, 0.15) is 40.5 Å². The fraction of sp³-hybridized carbons (Fsp3) is 0.765. The smallest absolute Gasteiger partial charge is 0.414 e.